The summed E-state index contributed by atoms with van der Waals surface area (Å²) >= 11 is 0. The smallest absolute Gasteiger partial charge is 0.253 e. The van der Waals surface area contributed by atoms with Crippen molar-refractivity contribution in [3.8, 4) is 0 Å². The SMILES string of the molecule is CNC(=O)CCCCCNC(=O)C1CCC(CN2C(=O)C=CC2=O)CC1. The van der Waals surface area contributed by atoms with Crippen molar-refractivity contribution in [1.29, 1.82) is 0 Å². The van der Waals surface area contributed by atoms with Crippen LogP contribution in [0.1, 0.15) is 51.4 Å². The van der Waals surface area contributed by atoms with Gasteiger partial charge in [0, 0.05) is 44.6 Å². The molecular weight excluding hydrogens is 334 g/mol. The van der Waals surface area contributed by atoms with Crippen LogP contribution >= 0.6 is 0 Å². The van der Waals surface area contributed by atoms with E-state index in [1.54, 1.807) is 7.05 Å². The predicted molar refractivity (Wildman–Crippen MR) is 96.9 cm³/mol. The number of hydrogen-bond acceptors (Lipinski definition) is 4. The molecule has 1 aliphatic carbocycles. The Morgan fingerprint density at radius 1 is 1.04 bits per heavy atom. The molecule has 7 nitrogen and oxygen atoms in total. The third-order valence-electron chi connectivity index (χ3n) is 5.22. The van der Waals surface area contributed by atoms with Crippen LogP contribution in [0.5, 0.6) is 0 Å². The molecule has 2 rings (SSSR count). The molecule has 2 aliphatic rings. The van der Waals surface area contributed by atoms with Gasteiger partial charge in [-0.15, -0.1) is 0 Å². The minimum absolute atomic E-state index is 0.0280. The van der Waals surface area contributed by atoms with E-state index < -0.39 is 0 Å². The molecule has 1 aliphatic heterocycles. The second-order valence-corrected chi connectivity index (χ2v) is 7.11. The number of unbranched alkanes of at least 4 members (excludes halogenated alkanes) is 2. The number of hydrogen-bond donors (Lipinski definition) is 2. The number of nitrogens with zero attached hydrogens (tertiary/aromatic N) is 1. The molecule has 1 fully saturated rings. The Hall–Kier alpha value is -2.18. The van der Waals surface area contributed by atoms with Crippen LogP contribution in [-0.2, 0) is 19.2 Å². The lowest BCUT2D eigenvalue weighted by Gasteiger charge is -2.30. The van der Waals surface area contributed by atoms with Crippen LogP contribution in [0.4, 0.5) is 0 Å². The van der Waals surface area contributed by atoms with E-state index in [9.17, 15) is 19.2 Å². The summed E-state index contributed by atoms with van der Waals surface area (Å²) in [7, 11) is 1.63. The zero-order valence-corrected chi connectivity index (χ0v) is 15.5. The summed E-state index contributed by atoms with van der Waals surface area (Å²) in [5, 5.41) is 5.58. The first-order valence-corrected chi connectivity index (χ1v) is 9.53. The van der Waals surface area contributed by atoms with Crippen LogP contribution in [0.15, 0.2) is 12.2 Å². The first-order valence-electron chi connectivity index (χ1n) is 9.53. The molecule has 0 bridgehead atoms. The Bertz CT molecular complexity index is 547. The van der Waals surface area contributed by atoms with E-state index in [2.05, 4.69) is 10.6 Å². The van der Waals surface area contributed by atoms with Crippen molar-refractivity contribution in [1.82, 2.24) is 15.5 Å². The van der Waals surface area contributed by atoms with Gasteiger partial charge in [-0.2, -0.15) is 0 Å². The minimum Gasteiger partial charge on any atom is -0.359 e. The maximum absolute atomic E-state index is 12.2. The normalized spacial score (nSPS) is 22.6. The summed E-state index contributed by atoms with van der Waals surface area (Å²) in [6, 6.07) is 0. The summed E-state index contributed by atoms with van der Waals surface area (Å²) in [5.74, 6) is 0.0120. The molecule has 26 heavy (non-hydrogen) atoms. The molecule has 0 spiro atoms. The molecule has 0 aromatic carbocycles. The fourth-order valence-corrected chi connectivity index (χ4v) is 3.54. The van der Waals surface area contributed by atoms with Crippen molar-refractivity contribution in [2.45, 2.75) is 51.4 Å². The van der Waals surface area contributed by atoms with Gasteiger partial charge in [0.2, 0.25) is 11.8 Å². The lowest BCUT2D eigenvalue weighted by atomic mass is 9.81. The molecule has 0 unspecified atom stereocenters. The number of imide groups is 1. The molecule has 0 aromatic heterocycles. The standard InChI is InChI=1S/C19H29N3O4/c1-20-16(23)5-3-2-4-12-21-19(26)15-8-6-14(7-9-15)13-22-17(24)10-11-18(22)25/h10-11,14-15H,2-9,12-13H2,1H3,(H,20,23)(H,21,26). The van der Waals surface area contributed by atoms with Gasteiger partial charge in [-0.25, -0.2) is 0 Å². The van der Waals surface area contributed by atoms with Crippen LogP contribution in [0.25, 0.3) is 0 Å². The van der Waals surface area contributed by atoms with Gasteiger partial charge < -0.3 is 10.6 Å². The highest BCUT2D eigenvalue weighted by Crippen LogP contribution is 2.30. The van der Waals surface area contributed by atoms with E-state index in [1.807, 2.05) is 0 Å². The van der Waals surface area contributed by atoms with Crippen LogP contribution in [0.2, 0.25) is 0 Å². The molecule has 0 radical (unpaired) electrons. The Balaban J connectivity index is 1.57. The number of nitrogens with one attached hydrogen (secondary N) is 2. The Labute approximate surface area is 154 Å². The summed E-state index contributed by atoms with van der Waals surface area (Å²) in [4.78, 5) is 47.9. The molecule has 2 N–H and O–H groups in total. The average molecular weight is 363 g/mol. The van der Waals surface area contributed by atoms with Crippen molar-refractivity contribution in [2.24, 2.45) is 11.8 Å². The lowest BCUT2D eigenvalue weighted by molar-refractivity contribution is -0.138. The summed E-state index contributed by atoms with van der Waals surface area (Å²) in [5.41, 5.74) is 0. The topological polar surface area (TPSA) is 95.6 Å². The van der Waals surface area contributed by atoms with Crippen molar-refractivity contribution >= 4 is 23.6 Å². The molecule has 1 heterocycles. The number of carbonyl (C=O) groups excluding carboxylic acids is 4. The van der Waals surface area contributed by atoms with Crippen LogP contribution in [0.3, 0.4) is 0 Å². The average Bonchev–Trinajstić information content (AvgIpc) is 2.96. The molecule has 4 amide bonds. The fraction of sp³-hybridized carbons (Fsp3) is 0.684. The first-order chi connectivity index (χ1) is 12.5. The van der Waals surface area contributed by atoms with E-state index >= 15 is 0 Å². The molecule has 0 saturated heterocycles. The number of rotatable bonds is 9. The van der Waals surface area contributed by atoms with Crippen molar-refractivity contribution in [3.63, 3.8) is 0 Å². The fourth-order valence-electron chi connectivity index (χ4n) is 3.54. The van der Waals surface area contributed by atoms with Crippen LogP contribution < -0.4 is 10.6 Å². The monoisotopic (exact) mass is 363 g/mol. The lowest BCUT2D eigenvalue weighted by Crippen LogP contribution is -2.38. The Morgan fingerprint density at radius 3 is 2.31 bits per heavy atom. The zero-order chi connectivity index (χ0) is 18.9. The van der Waals surface area contributed by atoms with Gasteiger partial charge in [-0.05, 0) is 44.4 Å². The van der Waals surface area contributed by atoms with Crippen LogP contribution in [0, 0.1) is 11.8 Å². The summed E-state index contributed by atoms with van der Waals surface area (Å²) in [6.07, 6.45) is 9.13. The molecule has 144 valence electrons. The van der Waals surface area contributed by atoms with E-state index in [0.717, 1.165) is 44.9 Å². The van der Waals surface area contributed by atoms with Crippen molar-refractivity contribution in [3.05, 3.63) is 12.2 Å². The van der Waals surface area contributed by atoms with Gasteiger partial charge in [-0.1, -0.05) is 6.42 Å². The molecule has 1 saturated carbocycles. The van der Waals surface area contributed by atoms with Gasteiger partial charge in [0.05, 0.1) is 0 Å². The highest BCUT2D eigenvalue weighted by atomic mass is 16.2. The highest BCUT2D eigenvalue weighted by molar-refractivity contribution is 6.12. The Morgan fingerprint density at radius 2 is 1.69 bits per heavy atom. The van der Waals surface area contributed by atoms with E-state index in [4.69, 9.17) is 0 Å². The minimum atomic E-state index is -0.230. The van der Waals surface area contributed by atoms with Crippen molar-refractivity contribution < 1.29 is 19.2 Å². The maximum atomic E-state index is 12.2. The maximum Gasteiger partial charge on any atom is 0.253 e. The van der Waals surface area contributed by atoms with Gasteiger partial charge in [0.15, 0.2) is 0 Å². The van der Waals surface area contributed by atoms with E-state index in [1.165, 1.54) is 17.1 Å². The van der Waals surface area contributed by atoms with Gasteiger partial charge in [0.1, 0.15) is 0 Å². The van der Waals surface area contributed by atoms with E-state index in [-0.39, 0.29) is 35.5 Å². The Kier molecular flexibility index (Phi) is 7.81. The molecule has 7 heteroatoms. The van der Waals surface area contributed by atoms with Crippen LogP contribution in [-0.4, -0.2) is 48.7 Å². The van der Waals surface area contributed by atoms with Crippen molar-refractivity contribution in [2.75, 3.05) is 20.1 Å². The quantitative estimate of drug-likeness (QED) is 0.474. The third kappa shape index (κ3) is 5.97. The van der Waals surface area contributed by atoms with Gasteiger partial charge in [0.25, 0.3) is 11.8 Å². The van der Waals surface area contributed by atoms with E-state index in [0.29, 0.717) is 19.5 Å². The summed E-state index contributed by atoms with van der Waals surface area (Å²) in [6.45, 7) is 1.11. The molecule has 0 aromatic rings. The van der Waals surface area contributed by atoms with Gasteiger partial charge >= 0.3 is 0 Å². The molecular formula is C19H29N3O4. The number of carbonyl (C=O) groups is 4. The third-order valence-corrected chi connectivity index (χ3v) is 5.22. The number of amides is 4. The first kappa shape index (κ1) is 20.1. The summed E-state index contributed by atoms with van der Waals surface area (Å²) < 4.78 is 0. The predicted octanol–water partition coefficient (Wildman–Crippen LogP) is 1.14. The van der Waals surface area contributed by atoms with Gasteiger partial charge in [-0.3, -0.25) is 24.1 Å². The second kappa shape index (κ2) is 10.1. The largest absolute Gasteiger partial charge is 0.359 e. The molecule has 0 atom stereocenters. The highest BCUT2D eigenvalue weighted by Gasteiger charge is 2.31. The zero-order valence-electron chi connectivity index (χ0n) is 15.5. The second-order valence-electron chi connectivity index (χ2n) is 7.11.